The quantitative estimate of drug-likeness (QED) is 0.338. The highest BCUT2D eigenvalue weighted by atomic mass is 79.9. The van der Waals surface area contributed by atoms with Crippen LogP contribution in [0.4, 0.5) is 5.69 Å². The summed E-state index contributed by atoms with van der Waals surface area (Å²) in [5.74, 6) is 1.53. The summed E-state index contributed by atoms with van der Waals surface area (Å²) in [7, 11) is 0. The number of rotatable bonds is 4. The highest BCUT2D eigenvalue weighted by Gasteiger charge is 2.16. The monoisotopic (exact) mass is 433 g/mol. The van der Waals surface area contributed by atoms with Crippen molar-refractivity contribution in [2.24, 2.45) is 0 Å². The Bertz CT molecular complexity index is 684. The van der Waals surface area contributed by atoms with Gasteiger partial charge in [-0.25, -0.2) is 0 Å². The molecule has 0 heterocycles. The van der Waals surface area contributed by atoms with Gasteiger partial charge < -0.3 is 4.74 Å². The molecule has 0 radical (unpaired) electrons. The average molecular weight is 435 g/mol. The number of nitro groups is 1. The van der Waals surface area contributed by atoms with E-state index in [-0.39, 0.29) is 5.69 Å². The van der Waals surface area contributed by atoms with Crippen LogP contribution in [-0.2, 0) is 5.88 Å². The van der Waals surface area contributed by atoms with Crippen molar-refractivity contribution in [3.05, 3.63) is 60.5 Å². The third-order valence-electron chi connectivity index (χ3n) is 2.81. The first kappa shape index (κ1) is 16.3. The topological polar surface area (TPSA) is 52.4 Å². The van der Waals surface area contributed by atoms with E-state index in [9.17, 15) is 10.1 Å². The maximum absolute atomic E-state index is 10.8. The lowest BCUT2D eigenvalue weighted by Crippen LogP contribution is -1.94. The highest BCUT2D eigenvalue weighted by molar-refractivity contribution is 9.11. The Morgan fingerprint density at radius 1 is 1.24 bits per heavy atom. The second kappa shape index (κ2) is 6.77. The van der Waals surface area contributed by atoms with Crippen molar-refractivity contribution in [1.29, 1.82) is 0 Å². The van der Waals surface area contributed by atoms with Crippen molar-refractivity contribution < 1.29 is 9.66 Å². The number of aryl methyl sites for hydroxylation is 1. The summed E-state index contributed by atoms with van der Waals surface area (Å²) in [5.41, 5.74) is 1.86. The van der Waals surface area contributed by atoms with Crippen LogP contribution in [0.25, 0.3) is 0 Å². The zero-order chi connectivity index (χ0) is 15.6. The zero-order valence-electron chi connectivity index (χ0n) is 10.9. The van der Waals surface area contributed by atoms with E-state index in [4.69, 9.17) is 16.3 Å². The summed E-state index contributed by atoms with van der Waals surface area (Å²) < 4.78 is 6.87. The molecule has 110 valence electrons. The molecule has 0 unspecified atom stereocenters. The Morgan fingerprint density at radius 2 is 1.86 bits per heavy atom. The number of ether oxygens (including phenoxy) is 1. The lowest BCUT2D eigenvalue weighted by atomic mass is 10.1. The Hall–Kier alpha value is -1.11. The van der Waals surface area contributed by atoms with Gasteiger partial charge in [-0.15, -0.1) is 11.6 Å². The Labute approximate surface area is 143 Å². The van der Waals surface area contributed by atoms with Crippen molar-refractivity contribution in [2.45, 2.75) is 12.8 Å². The summed E-state index contributed by atoms with van der Waals surface area (Å²) in [4.78, 5) is 10.4. The molecule has 0 aliphatic heterocycles. The van der Waals surface area contributed by atoms with Gasteiger partial charge in [0, 0.05) is 18.0 Å². The van der Waals surface area contributed by atoms with Gasteiger partial charge in [-0.2, -0.15) is 0 Å². The molecule has 0 aliphatic carbocycles. The molecule has 7 heteroatoms. The van der Waals surface area contributed by atoms with Gasteiger partial charge in [0.05, 0.1) is 13.9 Å². The summed E-state index contributed by atoms with van der Waals surface area (Å²) in [6.07, 6.45) is 0. The minimum absolute atomic E-state index is 0.0210. The standard InChI is InChI=1S/C14H10Br2ClNO3/c1-8-2-3-9(7-17)4-13(8)21-14-11(15)5-10(18(19)20)6-12(14)16/h2-6H,7H2,1H3. The second-order valence-electron chi connectivity index (χ2n) is 4.33. The van der Waals surface area contributed by atoms with Gasteiger partial charge in [0.1, 0.15) is 5.75 Å². The summed E-state index contributed by atoms with van der Waals surface area (Å²) in [6.45, 7) is 1.92. The van der Waals surface area contributed by atoms with Crippen LogP contribution in [0.5, 0.6) is 11.5 Å². The van der Waals surface area contributed by atoms with Crippen LogP contribution >= 0.6 is 43.5 Å². The minimum atomic E-state index is -0.460. The normalized spacial score (nSPS) is 10.5. The lowest BCUT2D eigenvalue weighted by Gasteiger charge is -2.13. The summed E-state index contributed by atoms with van der Waals surface area (Å²) >= 11 is 12.4. The number of halogens is 3. The van der Waals surface area contributed by atoms with E-state index in [1.807, 2.05) is 25.1 Å². The van der Waals surface area contributed by atoms with Gasteiger partial charge >= 0.3 is 0 Å². The van der Waals surface area contributed by atoms with Crippen LogP contribution in [-0.4, -0.2) is 4.92 Å². The molecule has 0 fully saturated rings. The predicted octanol–water partition coefficient (Wildman–Crippen LogP) is 5.96. The number of nitrogens with zero attached hydrogens (tertiary/aromatic N) is 1. The largest absolute Gasteiger partial charge is 0.455 e. The highest BCUT2D eigenvalue weighted by Crippen LogP contribution is 2.40. The first-order valence-corrected chi connectivity index (χ1v) is 8.01. The molecule has 0 aliphatic rings. The lowest BCUT2D eigenvalue weighted by molar-refractivity contribution is -0.385. The van der Waals surface area contributed by atoms with E-state index < -0.39 is 4.92 Å². The van der Waals surface area contributed by atoms with Crippen molar-refractivity contribution >= 4 is 49.1 Å². The maximum Gasteiger partial charge on any atom is 0.271 e. The Morgan fingerprint density at radius 3 is 2.38 bits per heavy atom. The smallest absolute Gasteiger partial charge is 0.271 e. The van der Waals surface area contributed by atoms with Gasteiger partial charge in [-0.05, 0) is 56.0 Å². The molecule has 0 amide bonds. The van der Waals surface area contributed by atoms with Crippen LogP contribution in [0, 0.1) is 17.0 Å². The molecule has 4 nitrogen and oxygen atoms in total. The molecule has 0 aromatic heterocycles. The predicted molar refractivity (Wildman–Crippen MR) is 89.3 cm³/mol. The molecule has 0 atom stereocenters. The number of nitro benzene ring substituents is 1. The number of alkyl halides is 1. The van der Waals surface area contributed by atoms with E-state index in [1.54, 1.807) is 0 Å². The average Bonchev–Trinajstić information content (AvgIpc) is 2.44. The van der Waals surface area contributed by atoms with E-state index >= 15 is 0 Å². The van der Waals surface area contributed by atoms with Gasteiger partial charge in [0.25, 0.3) is 5.69 Å². The maximum atomic E-state index is 10.8. The molecule has 0 saturated heterocycles. The molecule has 0 spiro atoms. The van der Waals surface area contributed by atoms with Gasteiger partial charge in [0.2, 0.25) is 0 Å². The van der Waals surface area contributed by atoms with Crippen LogP contribution in [0.1, 0.15) is 11.1 Å². The fraction of sp³-hybridized carbons (Fsp3) is 0.143. The molecule has 0 bridgehead atoms. The zero-order valence-corrected chi connectivity index (χ0v) is 14.8. The van der Waals surface area contributed by atoms with E-state index in [0.29, 0.717) is 26.3 Å². The number of benzene rings is 2. The molecule has 21 heavy (non-hydrogen) atoms. The summed E-state index contributed by atoms with van der Waals surface area (Å²) in [5, 5.41) is 10.8. The fourth-order valence-electron chi connectivity index (χ4n) is 1.70. The molecule has 2 aromatic rings. The minimum Gasteiger partial charge on any atom is -0.455 e. The van der Waals surface area contributed by atoms with Crippen molar-refractivity contribution in [2.75, 3.05) is 0 Å². The van der Waals surface area contributed by atoms with E-state index in [0.717, 1.165) is 11.1 Å². The van der Waals surface area contributed by atoms with Crippen LogP contribution in [0.2, 0.25) is 0 Å². The van der Waals surface area contributed by atoms with Gasteiger partial charge in [-0.1, -0.05) is 12.1 Å². The number of hydrogen-bond donors (Lipinski definition) is 0. The van der Waals surface area contributed by atoms with E-state index in [2.05, 4.69) is 31.9 Å². The van der Waals surface area contributed by atoms with Crippen molar-refractivity contribution in [1.82, 2.24) is 0 Å². The Kier molecular flexibility index (Phi) is 5.24. The second-order valence-corrected chi connectivity index (χ2v) is 6.31. The fourth-order valence-corrected chi connectivity index (χ4v) is 3.19. The molecule has 2 aromatic carbocycles. The molecular formula is C14H10Br2ClNO3. The summed E-state index contributed by atoms with van der Waals surface area (Å²) in [6, 6.07) is 8.50. The van der Waals surface area contributed by atoms with Crippen molar-refractivity contribution in [3.8, 4) is 11.5 Å². The number of non-ortho nitro benzene ring substituents is 1. The molecule has 0 saturated carbocycles. The van der Waals surface area contributed by atoms with Crippen LogP contribution in [0.15, 0.2) is 39.3 Å². The van der Waals surface area contributed by atoms with Crippen LogP contribution < -0.4 is 4.74 Å². The van der Waals surface area contributed by atoms with E-state index in [1.165, 1.54) is 12.1 Å². The molecule has 2 rings (SSSR count). The van der Waals surface area contributed by atoms with Crippen molar-refractivity contribution in [3.63, 3.8) is 0 Å². The number of hydrogen-bond acceptors (Lipinski definition) is 3. The molecule has 0 N–H and O–H groups in total. The Balaban J connectivity index is 2.42. The first-order valence-electron chi connectivity index (χ1n) is 5.89. The first-order chi connectivity index (χ1) is 9.92. The SMILES string of the molecule is Cc1ccc(CCl)cc1Oc1c(Br)cc([N+](=O)[O-])cc1Br. The van der Waals surface area contributed by atoms with Gasteiger partial charge in [-0.3, -0.25) is 10.1 Å². The third-order valence-corrected chi connectivity index (χ3v) is 4.30. The molecular weight excluding hydrogens is 425 g/mol. The van der Waals surface area contributed by atoms with Gasteiger partial charge in [0.15, 0.2) is 5.75 Å². The third kappa shape index (κ3) is 3.75. The van der Waals surface area contributed by atoms with Crippen LogP contribution in [0.3, 0.4) is 0 Å².